The molecule has 0 N–H and O–H groups in total. The van der Waals surface area contributed by atoms with E-state index in [0.29, 0.717) is 17.4 Å². The molecule has 4 rings (SSSR count). The van der Waals surface area contributed by atoms with Gasteiger partial charge in [-0.3, -0.25) is 4.99 Å². The summed E-state index contributed by atoms with van der Waals surface area (Å²) in [7, 11) is 3.09. The lowest BCUT2D eigenvalue weighted by Gasteiger charge is -2.35. The fourth-order valence-corrected chi connectivity index (χ4v) is 4.25. The van der Waals surface area contributed by atoms with Crippen molar-refractivity contribution in [2.45, 2.75) is 44.1 Å². The van der Waals surface area contributed by atoms with Crippen molar-refractivity contribution in [3.8, 4) is 17.4 Å². The van der Waals surface area contributed by atoms with E-state index in [-0.39, 0.29) is 12.0 Å². The summed E-state index contributed by atoms with van der Waals surface area (Å²) in [5, 5.41) is 0. The molecule has 2 atom stereocenters. The van der Waals surface area contributed by atoms with Gasteiger partial charge in [-0.25, -0.2) is 13.8 Å². The van der Waals surface area contributed by atoms with Crippen molar-refractivity contribution in [3.63, 3.8) is 0 Å². The van der Waals surface area contributed by atoms with Gasteiger partial charge in [-0.15, -0.1) is 0 Å². The predicted molar refractivity (Wildman–Crippen MR) is 106 cm³/mol. The molecular weight excluding hydrogens is 378 g/mol. The van der Waals surface area contributed by atoms with Crippen LogP contribution in [0, 0.1) is 0 Å². The summed E-state index contributed by atoms with van der Waals surface area (Å²) in [6.45, 7) is -0.660. The number of hydrogen-bond donors (Lipinski definition) is 0. The standard InChI is InChI=1S/C22H24F2N2O3/c1-27-18-10-16-15(9-19(18)29-12-20(23)24)14-5-3-4-6-17(14)26-22(16)13-7-8-21(28-2)25-11-13/h7-11,14,17,20H,3-6,12H2,1-2H3. The largest absolute Gasteiger partial charge is 0.493 e. The van der Waals surface area contributed by atoms with Gasteiger partial charge in [0.1, 0.15) is 6.61 Å². The van der Waals surface area contributed by atoms with Crippen LogP contribution in [0.3, 0.4) is 0 Å². The maximum absolute atomic E-state index is 12.7. The van der Waals surface area contributed by atoms with Crippen LogP contribution in [-0.2, 0) is 0 Å². The van der Waals surface area contributed by atoms with Crippen molar-refractivity contribution in [3.05, 3.63) is 47.2 Å². The Balaban J connectivity index is 1.81. The zero-order chi connectivity index (χ0) is 20.4. The molecule has 1 fully saturated rings. The van der Waals surface area contributed by atoms with Crippen LogP contribution in [0.1, 0.15) is 48.3 Å². The molecule has 1 aromatic carbocycles. The van der Waals surface area contributed by atoms with Crippen molar-refractivity contribution in [1.29, 1.82) is 0 Å². The van der Waals surface area contributed by atoms with Gasteiger partial charge in [-0.05, 0) is 36.6 Å². The Morgan fingerprint density at radius 2 is 1.90 bits per heavy atom. The Morgan fingerprint density at radius 1 is 1.07 bits per heavy atom. The molecule has 29 heavy (non-hydrogen) atoms. The molecule has 2 heterocycles. The minimum atomic E-state index is -2.54. The first-order chi connectivity index (χ1) is 14.1. The molecule has 5 nitrogen and oxygen atoms in total. The first-order valence-electron chi connectivity index (χ1n) is 9.82. The molecule has 7 heteroatoms. The number of methoxy groups -OCH3 is 2. The van der Waals surface area contributed by atoms with Crippen LogP contribution in [-0.4, -0.2) is 44.0 Å². The van der Waals surface area contributed by atoms with E-state index in [0.717, 1.165) is 48.1 Å². The number of benzene rings is 1. The predicted octanol–water partition coefficient (Wildman–Crippen LogP) is 4.62. The summed E-state index contributed by atoms with van der Waals surface area (Å²) in [5.74, 6) is 1.57. The van der Waals surface area contributed by atoms with E-state index in [9.17, 15) is 8.78 Å². The topological polar surface area (TPSA) is 52.9 Å². The number of ether oxygens (including phenoxy) is 3. The van der Waals surface area contributed by atoms with Crippen molar-refractivity contribution in [1.82, 2.24) is 4.98 Å². The fourth-order valence-electron chi connectivity index (χ4n) is 4.25. The molecule has 0 amide bonds. The first kappa shape index (κ1) is 19.6. The number of hydrogen-bond acceptors (Lipinski definition) is 5. The van der Waals surface area contributed by atoms with E-state index in [1.807, 2.05) is 24.3 Å². The summed E-state index contributed by atoms with van der Waals surface area (Å²) in [5.41, 5.74) is 3.76. The summed E-state index contributed by atoms with van der Waals surface area (Å²) in [4.78, 5) is 9.39. The normalized spacial score (nSPS) is 20.5. The van der Waals surface area contributed by atoms with Gasteiger partial charge >= 0.3 is 0 Å². The number of alkyl halides is 2. The van der Waals surface area contributed by atoms with Crippen molar-refractivity contribution in [2.24, 2.45) is 4.99 Å². The molecule has 1 aliphatic heterocycles. The number of nitrogens with zero attached hydrogens (tertiary/aromatic N) is 2. The third-order valence-electron chi connectivity index (χ3n) is 5.60. The zero-order valence-corrected chi connectivity index (χ0v) is 16.5. The number of aliphatic imine (C=N–C) groups is 1. The van der Waals surface area contributed by atoms with Crippen LogP contribution in [0.2, 0.25) is 0 Å². The number of rotatable bonds is 6. The van der Waals surface area contributed by atoms with E-state index in [1.165, 1.54) is 7.11 Å². The first-order valence-corrected chi connectivity index (χ1v) is 9.82. The second kappa shape index (κ2) is 8.35. The third kappa shape index (κ3) is 3.91. The van der Waals surface area contributed by atoms with Gasteiger partial charge in [-0.1, -0.05) is 12.8 Å². The molecule has 1 aliphatic carbocycles. The molecule has 154 valence electrons. The Kier molecular flexibility index (Phi) is 5.65. The highest BCUT2D eigenvalue weighted by molar-refractivity contribution is 6.14. The van der Waals surface area contributed by atoms with Crippen molar-refractivity contribution >= 4 is 5.71 Å². The monoisotopic (exact) mass is 402 g/mol. The lowest BCUT2D eigenvalue weighted by molar-refractivity contribution is 0.0803. The van der Waals surface area contributed by atoms with Crippen LogP contribution < -0.4 is 14.2 Å². The smallest absolute Gasteiger partial charge is 0.272 e. The summed E-state index contributed by atoms with van der Waals surface area (Å²) in [6, 6.07) is 7.63. The van der Waals surface area contributed by atoms with Crippen LogP contribution >= 0.6 is 0 Å². The molecule has 1 saturated carbocycles. The van der Waals surface area contributed by atoms with Gasteiger partial charge in [0.25, 0.3) is 6.43 Å². The zero-order valence-electron chi connectivity index (χ0n) is 16.5. The molecule has 0 saturated heterocycles. The fraction of sp³-hybridized carbons (Fsp3) is 0.455. The summed E-state index contributed by atoms with van der Waals surface area (Å²) >= 11 is 0. The van der Waals surface area contributed by atoms with Gasteiger partial charge in [0, 0.05) is 29.3 Å². The number of aromatic nitrogens is 1. The Hall–Kier alpha value is -2.70. The van der Waals surface area contributed by atoms with Crippen LogP contribution in [0.4, 0.5) is 8.78 Å². The molecular formula is C22H24F2N2O3. The van der Waals surface area contributed by atoms with Crippen molar-refractivity contribution < 1.29 is 23.0 Å². The number of pyridine rings is 1. The van der Waals surface area contributed by atoms with Gasteiger partial charge in [0.15, 0.2) is 11.5 Å². The van der Waals surface area contributed by atoms with Crippen LogP contribution in [0.15, 0.2) is 35.5 Å². The highest BCUT2D eigenvalue weighted by Gasteiger charge is 2.34. The molecule has 0 bridgehead atoms. The average Bonchev–Trinajstić information content (AvgIpc) is 2.76. The minimum Gasteiger partial charge on any atom is -0.493 e. The molecule has 2 aliphatic rings. The van der Waals surface area contributed by atoms with Gasteiger partial charge in [0.2, 0.25) is 5.88 Å². The quantitative estimate of drug-likeness (QED) is 0.708. The van der Waals surface area contributed by atoms with E-state index in [1.54, 1.807) is 13.3 Å². The maximum atomic E-state index is 12.7. The second-order valence-electron chi connectivity index (χ2n) is 7.32. The Labute approximate surface area is 168 Å². The molecule has 1 aromatic heterocycles. The van der Waals surface area contributed by atoms with Crippen LogP contribution in [0.5, 0.6) is 17.4 Å². The molecule has 0 spiro atoms. The molecule has 2 aromatic rings. The highest BCUT2D eigenvalue weighted by Crippen LogP contribution is 2.44. The van der Waals surface area contributed by atoms with Crippen LogP contribution in [0.25, 0.3) is 0 Å². The third-order valence-corrected chi connectivity index (χ3v) is 5.60. The van der Waals surface area contributed by atoms with E-state index < -0.39 is 13.0 Å². The van der Waals surface area contributed by atoms with Gasteiger partial charge < -0.3 is 14.2 Å². The van der Waals surface area contributed by atoms with Gasteiger partial charge in [-0.2, -0.15) is 0 Å². The second-order valence-corrected chi connectivity index (χ2v) is 7.32. The molecule has 2 unspecified atom stereocenters. The average molecular weight is 402 g/mol. The summed E-state index contributed by atoms with van der Waals surface area (Å²) < 4.78 is 41.4. The number of fused-ring (bicyclic) bond motifs is 3. The lowest BCUT2D eigenvalue weighted by atomic mass is 9.75. The molecule has 0 radical (unpaired) electrons. The van der Waals surface area contributed by atoms with Gasteiger partial charge in [0.05, 0.1) is 26.0 Å². The van der Waals surface area contributed by atoms with E-state index in [4.69, 9.17) is 19.2 Å². The van der Waals surface area contributed by atoms with E-state index >= 15 is 0 Å². The minimum absolute atomic E-state index is 0.171. The lowest BCUT2D eigenvalue weighted by Crippen LogP contribution is -2.29. The SMILES string of the molecule is COc1ccc(C2=NC3CCCCC3c3cc(OCC(F)F)c(OC)cc32)cn1. The highest BCUT2D eigenvalue weighted by atomic mass is 19.3. The van der Waals surface area contributed by atoms with Crippen molar-refractivity contribution in [2.75, 3.05) is 20.8 Å². The number of halogens is 2. The summed E-state index contributed by atoms with van der Waals surface area (Å²) in [6.07, 6.45) is 3.51. The maximum Gasteiger partial charge on any atom is 0.272 e. The van der Waals surface area contributed by atoms with E-state index in [2.05, 4.69) is 4.98 Å². The Morgan fingerprint density at radius 3 is 2.59 bits per heavy atom. The Bertz CT molecular complexity index is 900.